The molecule has 1 rings (SSSR count). The van der Waals surface area contributed by atoms with E-state index in [0.29, 0.717) is 12.8 Å². The lowest BCUT2D eigenvalue weighted by atomic mass is 9.91. The van der Waals surface area contributed by atoms with E-state index in [-0.39, 0.29) is 18.8 Å². The van der Waals surface area contributed by atoms with Gasteiger partial charge in [-0.1, -0.05) is 213 Å². The Labute approximate surface area is 411 Å². The van der Waals surface area contributed by atoms with E-state index in [2.05, 4.69) is 26.1 Å². The first-order valence-electron chi connectivity index (χ1n) is 27.3. The summed E-state index contributed by atoms with van der Waals surface area (Å²) in [7, 11) is -5.38. The Kier molecular flexibility index (Phi) is 39.0. The number of phosphoric ester groups is 1. The molecule has 0 bridgehead atoms. The number of esters is 2. The van der Waals surface area contributed by atoms with Gasteiger partial charge in [0.25, 0.3) is 0 Å². The summed E-state index contributed by atoms with van der Waals surface area (Å²) in [5, 5.41) is 33.6. The normalized spacial score (nSPS) is 19.4. The van der Waals surface area contributed by atoms with Crippen molar-refractivity contribution in [2.75, 3.05) is 6.61 Å². The van der Waals surface area contributed by atoms with Crippen LogP contribution >= 0.6 is 7.82 Å². The molecule has 0 aromatic carbocycles. The second-order valence-electron chi connectivity index (χ2n) is 19.6. The Morgan fingerprint density at radius 1 is 0.574 bits per heavy atom. The minimum absolute atomic E-state index is 0.0158. The van der Waals surface area contributed by atoms with Crippen molar-refractivity contribution in [3.8, 4) is 0 Å². The van der Waals surface area contributed by atoms with Gasteiger partial charge in [-0.05, 0) is 25.2 Å². The van der Waals surface area contributed by atoms with Crippen molar-refractivity contribution in [2.45, 2.75) is 295 Å². The Hall–Kier alpha value is -2.13. The summed E-state index contributed by atoms with van der Waals surface area (Å²) in [6.45, 7) is 5.88. The molecule has 68 heavy (non-hydrogen) atoms. The molecule has 0 aromatic rings. The van der Waals surface area contributed by atoms with Gasteiger partial charge in [0, 0.05) is 6.42 Å². The van der Waals surface area contributed by atoms with Crippen molar-refractivity contribution < 1.29 is 67.6 Å². The van der Waals surface area contributed by atoms with Crippen molar-refractivity contribution in [3.63, 3.8) is 0 Å². The lowest BCUT2D eigenvalue weighted by molar-refractivity contribution is -0.257. The molecule has 1 heterocycles. The minimum Gasteiger partial charge on any atom is -0.481 e. The third-order valence-corrected chi connectivity index (χ3v) is 13.7. The zero-order valence-electron chi connectivity index (χ0n) is 42.8. The monoisotopic (exact) mass is 992 g/mol. The zero-order chi connectivity index (χ0) is 50.3. The number of carbonyl (C=O) groups is 4. The molecule has 0 radical (unpaired) electrons. The van der Waals surface area contributed by atoms with E-state index >= 15 is 0 Å². The molecule has 1 aliphatic heterocycles. The highest BCUT2D eigenvalue weighted by Gasteiger charge is 2.52. The summed E-state index contributed by atoms with van der Waals surface area (Å²) in [6, 6.07) is -1.59. The maximum atomic E-state index is 14.0. The summed E-state index contributed by atoms with van der Waals surface area (Å²) in [6.07, 6.45) is 27.2. The number of phosphoric acid groups is 1. The van der Waals surface area contributed by atoms with Gasteiger partial charge in [-0.15, -0.1) is 0 Å². The van der Waals surface area contributed by atoms with Gasteiger partial charge in [-0.2, -0.15) is 0 Å². The Morgan fingerprint density at radius 3 is 1.40 bits per heavy atom. The largest absolute Gasteiger partial charge is 0.481 e. The van der Waals surface area contributed by atoms with Crippen molar-refractivity contribution in [3.05, 3.63) is 0 Å². The lowest BCUT2D eigenvalue weighted by Crippen LogP contribution is -2.66. The molecule has 6 N–H and O–H groups in total. The van der Waals surface area contributed by atoms with E-state index in [4.69, 9.17) is 23.8 Å². The van der Waals surface area contributed by atoms with Crippen LogP contribution in [0.3, 0.4) is 0 Å². The van der Waals surface area contributed by atoms with Crippen LogP contribution in [0.4, 0.5) is 0 Å². The molecule has 1 fully saturated rings. The van der Waals surface area contributed by atoms with E-state index in [1.165, 1.54) is 128 Å². The van der Waals surface area contributed by atoms with Crippen LogP contribution in [0.2, 0.25) is 0 Å². The number of aliphatic hydroxyl groups is 2. The van der Waals surface area contributed by atoms with Crippen LogP contribution in [0, 0.1) is 5.92 Å². The highest BCUT2D eigenvalue weighted by molar-refractivity contribution is 7.46. The van der Waals surface area contributed by atoms with Gasteiger partial charge in [-0.3, -0.25) is 23.7 Å². The number of aliphatic hydroxyl groups excluding tert-OH is 2. The van der Waals surface area contributed by atoms with Crippen LogP contribution in [0.1, 0.15) is 258 Å². The Balaban J connectivity index is 3.13. The fourth-order valence-corrected chi connectivity index (χ4v) is 9.72. The SMILES string of the molecule is CCCCCCCCCCCCCCC(CCCCCCCCCCC)CC(=O)O[C@H]1[C@H](OP(=O)(O)O)[C@@H](COC(=O)CCC(=O)O)OC(O)[C@@H]1NC(=O)C[C@H](O)CCCCCCCCCCC. The Morgan fingerprint density at radius 2 is 0.985 bits per heavy atom. The average molecular weight is 992 g/mol. The number of nitrogens with one attached hydrogen (secondary N) is 1. The third-order valence-electron chi connectivity index (χ3n) is 13.2. The average Bonchev–Trinajstić information content (AvgIpc) is 3.28. The van der Waals surface area contributed by atoms with Gasteiger partial charge in [-0.25, -0.2) is 4.57 Å². The molecule has 7 atom stereocenters. The molecule has 1 amide bonds. The van der Waals surface area contributed by atoms with Gasteiger partial charge >= 0.3 is 25.7 Å². The molecule has 0 aromatic heterocycles. The van der Waals surface area contributed by atoms with Gasteiger partial charge in [0.2, 0.25) is 5.91 Å². The summed E-state index contributed by atoms with van der Waals surface area (Å²) in [5.41, 5.74) is 0. The molecular formula is C52H98NO14P. The van der Waals surface area contributed by atoms with Crippen LogP contribution in [-0.4, -0.2) is 92.3 Å². The molecule has 0 spiro atoms. The van der Waals surface area contributed by atoms with E-state index in [1.807, 2.05) is 0 Å². The summed E-state index contributed by atoms with van der Waals surface area (Å²) < 4.78 is 34.3. The number of aliphatic carboxylic acids is 1. The second-order valence-corrected chi connectivity index (χ2v) is 20.8. The van der Waals surface area contributed by atoms with E-state index in [9.17, 15) is 43.7 Å². The van der Waals surface area contributed by atoms with Crippen LogP contribution in [0.25, 0.3) is 0 Å². The highest BCUT2D eigenvalue weighted by atomic mass is 31.2. The van der Waals surface area contributed by atoms with Gasteiger partial charge in [0.15, 0.2) is 12.4 Å². The molecule has 15 nitrogen and oxygen atoms in total. The minimum atomic E-state index is -5.38. The first-order chi connectivity index (χ1) is 32.7. The van der Waals surface area contributed by atoms with Crippen LogP contribution in [0.5, 0.6) is 0 Å². The lowest BCUT2D eigenvalue weighted by Gasteiger charge is -2.44. The number of hydrogen-bond donors (Lipinski definition) is 6. The number of ether oxygens (including phenoxy) is 3. The number of hydrogen-bond acceptors (Lipinski definition) is 11. The van der Waals surface area contributed by atoms with Gasteiger partial charge in [0.1, 0.15) is 24.9 Å². The topological polar surface area (TPSA) is 235 Å². The molecule has 0 aliphatic carbocycles. The Bertz CT molecular complexity index is 1330. The third kappa shape index (κ3) is 35.0. The number of carbonyl (C=O) groups excluding carboxylic acids is 3. The maximum Gasteiger partial charge on any atom is 0.470 e. The first-order valence-corrected chi connectivity index (χ1v) is 28.8. The highest BCUT2D eigenvalue weighted by Crippen LogP contribution is 2.42. The molecule has 0 saturated carbocycles. The van der Waals surface area contributed by atoms with Gasteiger partial charge < -0.3 is 44.6 Å². The van der Waals surface area contributed by atoms with Crippen molar-refractivity contribution >= 4 is 31.6 Å². The quantitative estimate of drug-likeness (QED) is 0.0189. The van der Waals surface area contributed by atoms with Crippen molar-refractivity contribution in [2.24, 2.45) is 5.92 Å². The predicted octanol–water partition coefficient (Wildman–Crippen LogP) is 11.7. The van der Waals surface area contributed by atoms with Crippen LogP contribution < -0.4 is 5.32 Å². The molecule has 1 saturated heterocycles. The fraction of sp³-hybridized carbons (Fsp3) is 0.923. The number of carboxylic acids is 1. The summed E-state index contributed by atoms with van der Waals surface area (Å²) in [4.78, 5) is 70.9. The maximum absolute atomic E-state index is 14.0. The summed E-state index contributed by atoms with van der Waals surface area (Å²) >= 11 is 0. The fourth-order valence-electron chi connectivity index (χ4n) is 9.14. The number of rotatable bonds is 46. The van der Waals surface area contributed by atoms with Crippen LogP contribution in [-0.2, 0) is 42.5 Å². The predicted molar refractivity (Wildman–Crippen MR) is 266 cm³/mol. The molecule has 2 unspecified atom stereocenters. The van der Waals surface area contributed by atoms with Crippen LogP contribution in [0.15, 0.2) is 0 Å². The zero-order valence-corrected chi connectivity index (χ0v) is 43.7. The number of unbranched alkanes of at least 4 members (excludes halogenated alkanes) is 27. The molecule has 400 valence electrons. The van der Waals surface area contributed by atoms with E-state index in [1.54, 1.807) is 0 Å². The standard InChI is InChI=1S/C52H98NO14P/c1-4-7-10-13-16-19-20-21-24-26-29-32-35-42(34-31-28-25-22-17-14-11-8-5-2)39-48(59)66-51-49(53-45(55)40-43(54)36-33-30-27-23-18-15-12-9-6-3)52(60)65-44(50(51)67-68(61,62)63)41-64-47(58)38-37-46(56)57/h42-44,49-52,54,60H,4-41H2,1-3H3,(H,53,55)(H,56,57)(H2,61,62,63)/t42?,43-,44-,49-,50-,51-,52?/m1/s1. The molecule has 1 aliphatic rings. The molecule has 16 heteroatoms. The van der Waals surface area contributed by atoms with E-state index < -0.39 is 87.8 Å². The first kappa shape index (κ1) is 63.9. The van der Waals surface area contributed by atoms with Crippen molar-refractivity contribution in [1.82, 2.24) is 5.32 Å². The van der Waals surface area contributed by atoms with E-state index in [0.717, 1.165) is 70.6 Å². The summed E-state index contributed by atoms with van der Waals surface area (Å²) in [5.74, 6) is -3.68. The second kappa shape index (κ2) is 41.5. The molecular weight excluding hydrogens is 894 g/mol. The van der Waals surface area contributed by atoms with Gasteiger partial charge in [0.05, 0.1) is 25.4 Å². The number of carboxylic acid groups (broad SMARTS) is 1. The number of amides is 1. The smallest absolute Gasteiger partial charge is 0.470 e. The van der Waals surface area contributed by atoms with Crippen molar-refractivity contribution in [1.29, 1.82) is 0 Å².